The van der Waals surface area contributed by atoms with E-state index in [0.717, 1.165) is 24.8 Å². The van der Waals surface area contributed by atoms with Crippen LogP contribution >= 0.6 is 0 Å². The number of rotatable bonds is 10. The molecule has 224 valence electrons. The first kappa shape index (κ1) is 28.8. The zero-order chi connectivity index (χ0) is 28.7. The van der Waals surface area contributed by atoms with Gasteiger partial charge in [0, 0.05) is 31.2 Å². The number of aromatic nitrogens is 1. The first-order valence-corrected chi connectivity index (χ1v) is 17.3. The van der Waals surface area contributed by atoms with Crippen molar-refractivity contribution in [3.63, 3.8) is 0 Å². The standard InChI is InChI=1S/C28H37N3O8S2/c32-22(19-38-23-4-1-5-25(14-23)40(33,34)24-6-7-24)16-29-21-15-28(39-18-21)8-10-31(11-9-28)41(35,36)26-13-20-3-2-12-37-27(20)30-17-26/h1,4-5,13-14,17,21-22,24,29,32H,2-3,6-12,15-16,18-19H2/t21-,22+/m1/s1. The lowest BCUT2D eigenvalue weighted by atomic mass is 9.88. The highest BCUT2D eigenvalue weighted by Crippen LogP contribution is 2.38. The number of fused-ring (bicyclic) bond motifs is 1. The lowest BCUT2D eigenvalue weighted by Gasteiger charge is -2.38. The Labute approximate surface area is 241 Å². The van der Waals surface area contributed by atoms with Crippen LogP contribution in [-0.2, 0) is 31.0 Å². The minimum absolute atomic E-state index is 0.0230. The Kier molecular flexibility index (Phi) is 8.02. The third-order valence-corrected chi connectivity index (χ3v) is 12.5. The first-order chi connectivity index (χ1) is 19.6. The average molecular weight is 608 g/mol. The first-order valence-electron chi connectivity index (χ1n) is 14.3. The number of aryl methyl sites for hydroxylation is 1. The molecular weight excluding hydrogens is 570 g/mol. The summed E-state index contributed by atoms with van der Waals surface area (Å²) in [4.78, 5) is 4.70. The van der Waals surface area contributed by atoms with Crippen LogP contribution in [0.5, 0.6) is 11.6 Å². The molecule has 3 fully saturated rings. The fourth-order valence-corrected chi connectivity index (χ4v) is 8.96. The van der Waals surface area contributed by atoms with Gasteiger partial charge in [0.2, 0.25) is 15.9 Å². The van der Waals surface area contributed by atoms with Crippen molar-refractivity contribution in [1.29, 1.82) is 0 Å². The van der Waals surface area contributed by atoms with Crippen molar-refractivity contribution in [3.05, 3.63) is 42.1 Å². The van der Waals surface area contributed by atoms with Gasteiger partial charge < -0.3 is 24.6 Å². The molecule has 4 heterocycles. The number of sulfonamides is 1. The fourth-order valence-electron chi connectivity index (χ4n) is 5.83. The number of nitrogens with zero attached hydrogens (tertiary/aromatic N) is 2. The molecule has 1 spiro atoms. The van der Waals surface area contributed by atoms with E-state index in [2.05, 4.69) is 10.3 Å². The van der Waals surface area contributed by atoms with Crippen LogP contribution in [0.1, 0.15) is 44.1 Å². The molecule has 13 heteroatoms. The van der Waals surface area contributed by atoms with Crippen molar-refractivity contribution in [1.82, 2.24) is 14.6 Å². The van der Waals surface area contributed by atoms with E-state index in [9.17, 15) is 21.9 Å². The lowest BCUT2D eigenvalue weighted by molar-refractivity contribution is -0.0312. The maximum Gasteiger partial charge on any atom is 0.244 e. The Morgan fingerprint density at radius 1 is 1.15 bits per heavy atom. The van der Waals surface area contributed by atoms with Gasteiger partial charge >= 0.3 is 0 Å². The third kappa shape index (κ3) is 6.25. The largest absolute Gasteiger partial charge is 0.491 e. The van der Waals surface area contributed by atoms with Gasteiger partial charge in [0.1, 0.15) is 23.4 Å². The van der Waals surface area contributed by atoms with Crippen molar-refractivity contribution in [2.75, 3.05) is 39.5 Å². The van der Waals surface area contributed by atoms with E-state index in [1.807, 2.05) is 0 Å². The summed E-state index contributed by atoms with van der Waals surface area (Å²) in [5, 5.41) is 13.5. The zero-order valence-corrected chi connectivity index (χ0v) is 24.5. The van der Waals surface area contributed by atoms with Crippen molar-refractivity contribution < 1.29 is 36.2 Å². The summed E-state index contributed by atoms with van der Waals surface area (Å²) in [5.74, 6) is 0.936. The van der Waals surface area contributed by atoms with Gasteiger partial charge in [0.15, 0.2) is 9.84 Å². The summed E-state index contributed by atoms with van der Waals surface area (Å²) < 4.78 is 70.5. The summed E-state index contributed by atoms with van der Waals surface area (Å²) in [7, 11) is -6.96. The van der Waals surface area contributed by atoms with E-state index in [1.54, 1.807) is 24.3 Å². The van der Waals surface area contributed by atoms with Crippen LogP contribution in [0.2, 0.25) is 0 Å². The fraction of sp³-hybridized carbons (Fsp3) is 0.607. The number of sulfone groups is 1. The van der Waals surface area contributed by atoms with Gasteiger partial charge in [-0.25, -0.2) is 21.8 Å². The van der Waals surface area contributed by atoms with Gasteiger partial charge in [0.05, 0.1) is 35.2 Å². The zero-order valence-electron chi connectivity index (χ0n) is 22.9. The molecule has 1 aromatic heterocycles. The molecule has 11 nitrogen and oxygen atoms in total. The highest BCUT2D eigenvalue weighted by Gasteiger charge is 2.45. The minimum Gasteiger partial charge on any atom is -0.491 e. The van der Waals surface area contributed by atoms with Crippen LogP contribution in [0.15, 0.2) is 46.3 Å². The Bertz CT molecular complexity index is 1470. The normalized spacial score (nSPS) is 23.6. The predicted molar refractivity (Wildman–Crippen MR) is 149 cm³/mol. The van der Waals surface area contributed by atoms with Gasteiger partial charge in [-0.15, -0.1) is 0 Å². The number of aliphatic hydroxyl groups is 1. The van der Waals surface area contributed by atoms with E-state index in [0.29, 0.717) is 70.2 Å². The number of pyridine rings is 1. The molecule has 3 aliphatic heterocycles. The summed E-state index contributed by atoms with van der Waals surface area (Å²) >= 11 is 0. The van der Waals surface area contributed by atoms with Crippen LogP contribution in [-0.4, -0.2) is 93.7 Å². The number of hydrogen-bond acceptors (Lipinski definition) is 10. The predicted octanol–water partition coefficient (Wildman–Crippen LogP) is 1.68. The lowest BCUT2D eigenvalue weighted by Crippen LogP contribution is -2.47. The van der Waals surface area contributed by atoms with Gasteiger partial charge in [-0.1, -0.05) is 6.07 Å². The van der Waals surface area contributed by atoms with E-state index >= 15 is 0 Å². The van der Waals surface area contributed by atoms with Crippen LogP contribution in [0.4, 0.5) is 0 Å². The molecule has 0 bridgehead atoms. The molecular formula is C28H37N3O8S2. The minimum atomic E-state index is -3.65. The smallest absolute Gasteiger partial charge is 0.244 e. The summed E-state index contributed by atoms with van der Waals surface area (Å²) in [6.07, 6.45) is 5.52. The van der Waals surface area contributed by atoms with Crippen LogP contribution < -0.4 is 14.8 Å². The second-order valence-corrected chi connectivity index (χ2v) is 15.6. The average Bonchev–Trinajstić information content (AvgIpc) is 3.78. The van der Waals surface area contributed by atoms with Crippen molar-refractivity contribution in [3.8, 4) is 11.6 Å². The summed E-state index contributed by atoms with van der Waals surface area (Å²) in [5.41, 5.74) is 0.446. The van der Waals surface area contributed by atoms with Crippen molar-refractivity contribution in [2.45, 2.75) is 77.7 Å². The SMILES string of the molecule is O=S(=O)(c1cccc(OC[C@@H](O)CN[C@H]2COC3(CCN(S(=O)(=O)c4cnc5c(c4)CCCO5)CC3)C2)c1)C1CC1. The number of benzene rings is 1. The third-order valence-electron chi connectivity index (χ3n) is 8.39. The van der Waals surface area contributed by atoms with E-state index < -0.39 is 26.0 Å². The number of aliphatic hydroxyl groups excluding tert-OH is 1. The van der Waals surface area contributed by atoms with Gasteiger partial charge in [-0.3, -0.25) is 0 Å². The van der Waals surface area contributed by atoms with Gasteiger partial charge in [-0.2, -0.15) is 4.31 Å². The molecule has 0 unspecified atom stereocenters. The molecule has 2 atom stereocenters. The Balaban J connectivity index is 0.961. The molecule has 4 aliphatic rings. The molecule has 1 saturated carbocycles. The van der Waals surface area contributed by atoms with Gasteiger partial charge in [0.25, 0.3) is 0 Å². The topological polar surface area (TPSA) is 144 Å². The molecule has 0 amide bonds. The van der Waals surface area contributed by atoms with Crippen molar-refractivity contribution >= 4 is 19.9 Å². The highest BCUT2D eigenvalue weighted by molar-refractivity contribution is 7.92. The van der Waals surface area contributed by atoms with E-state index in [1.165, 1.54) is 16.6 Å². The quantitative estimate of drug-likeness (QED) is 0.409. The van der Waals surface area contributed by atoms with E-state index in [4.69, 9.17) is 14.2 Å². The molecule has 41 heavy (non-hydrogen) atoms. The number of nitrogens with one attached hydrogen (secondary N) is 1. The number of hydrogen-bond donors (Lipinski definition) is 2. The Morgan fingerprint density at radius 3 is 2.73 bits per heavy atom. The van der Waals surface area contributed by atoms with E-state index in [-0.39, 0.29) is 33.3 Å². The molecule has 0 radical (unpaired) electrons. The van der Waals surface area contributed by atoms with Crippen molar-refractivity contribution in [2.24, 2.45) is 0 Å². The van der Waals surface area contributed by atoms with Crippen LogP contribution in [0.25, 0.3) is 0 Å². The van der Waals surface area contributed by atoms with Crippen LogP contribution in [0, 0.1) is 0 Å². The maximum absolute atomic E-state index is 13.3. The van der Waals surface area contributed by atoms with Crippen LogP contribution in [0.3, 0.4) is 0 Å². The summed E-state index contributed by atoms with van der Waals surface area (Å²) in [6, 6.07) is 8.16. The Morgan fingerprint density at radius 2 is 1.95 bits per heavy atom. The maximum atomic E-state index is 13.3. The highest BCUT2D eigenvalue weighted by atomic mass is 32.2. The monoisotopic (exact) mass is 607 g/mol. The second kappa shape index (κ2) is 11.4. The van der Waals surface area contributed by atoms with Gasteiger partial charge in [-0.05, 0) is 69.2 Å². The molecule has 6 rings (SSSR count). The molecule has 1 aromatic carbocycles. The molecule has 2 saturated heterocycles. The molecule has 2 N–H and O–H groups in total. The number of piperidine rings is 1. The molecule has 2 aromatic rings. The molecule has 1 aliphatic carbocycles. The Hall–Kier alpha value is -2.29. The second-order valence-electron chi connectivity index (χ2n) is 11.5. The number of ether oxygens (including phenoxy) is 3. The summed E-state index contributed by atoms with van der Waals surface area (Å²) in [6.45, 7) is 2.14.